The first-order valence-electron chi connectivity index (χ1n) is 9.71. The largest absolute Gasteiger partial charge is 0.707 e. The predicted molar refractivity (Wildman–Crippen MR) is 122 cm³/mol. The molecule has 0 atom stereocenters. The minimum atomic E-state index is -1.92. The molecular weight excluding hydrogens is 410 g/mol. The second kappa shape index (κ2) is 9.21. The van der Waals surface area contributed by atoms with E-state index >= 15 is 0 Å². The highest BCUT2D eigenvalue weighted by Crippen LogP contribution is 2.26. The van der Waals surface area contributed by atoms with Gasteiger partial charge in [0, 0.05) is 16.6 Å². The fourth-order valence-electron chi connectivity index (χ4n) is 3.27. The lowest BCUT2D eigenvalue weighted by atomic mass is 9.80. The lowest BCUT2D eigenvalue weighted by Crippen LogP contribution is -2.29. The van der Waals surface area contributed by atoms with E-state index in [1.54, 1.807) is 42.5 Å². The van der Waals surface area contributed by atoms with Crippen LogP contribution in [0.25, 0.3) is 22.2 Å². The normalized spacial score (nSPS) is 10.6. The van der Waals surface area contributed by atoms with E-state index in [2.05, 4.69) is 10.3 Å². The molecule has 0 spiro atoms. The Morgan fingerprint density at radius 2 is 1.56 bits per heavy atom. The molecule has 0 unspecified atom stereocenters. The van der Waals surface area contributed by atoms with Crippen molar-refractivity contribution in [3.05, 3.63) is 84.4 Å². The summed E-state index contributed by atoms with van der Waals surface area (Å²) in [6.07, 6.45) is 0. The van der Waals surface area contributed by atoms with Gasteiger partial charge in [-0.15, -0.1) is 0 Å². The third kappa shape index (κ3) is 4.79. The number of amides is 1. The van der Waals surface area contributed by atoms with E-state index in [9.17, 15) is 14.8 Å². The van der Waals surface area contributed by atoms with Crippen molar-refractivity contribution in [3.8, 4) is 17.0 Å². The molecule has 0 aliphatic carbocycles. The number of carbonyl (C=O) groups excluding carboxylic acids is 1. The van der Waals surface area contributed by atoms with Gasteiger partial charge in [-0.2, -0.15) is 0 Å². The van der Waals surface area contributed by atoms with Crippen molar-refractivity contribution in [3.63, 3.8) is 0 Å². The molecule has 4 aromatic rings. The molecule has 1 aromatic heterocycles. The number of nitrogens with zero attached hydrogens (tertiary/aromatic N) is 1. The Hall–Kier alpha value is -3.69. The lowest BCUT2D eigenvalue weighted by Gasteiger charge is -2.12. The Kier molecular flexibility index (Phi) is 6.20. The van der Waals surface area contributed by atoms with E-state index in [1.807, 2.05) is 24.3 Å². The number of anilines is 1. The van der Waals surface area contributed by atoms with Gasteiger partial charge in [-0.3, -0.25) is 4.79 Å². The zero-order valence-electron chi connectivity index (χ0n) is 16.7. The Balaban J connectivity index is 1.67. The summed E-state index contributed by atoms with van der Waals surface area (Å²) in [5.74, 6) is -0.103. The van der Waals surface area contributed by atoms with Crippen LogP contribution < -0.4 is 15.4 Å². The number of benzene rings is 3. The number of hydrogen-bond donors (Lipinski definition) is 5. The van der Waals surface area contributed by atoms with Crippen molar-refractivity contribution in [2.45, 2.75) is 0 Å². The van der Waals surface area contributed by atoms with Gasteiger partial charge in [0.05, 0.1) is 16.8 Å². The monoisotopic (exact) mass is 428 g/mol. The second-order valence-corrected chi connectivity index (χ2v) is 6.99. The van der Waals surface area contributed by atoms with Crippen molar-refractivity contribution in [2.24, 2.45) is 0 Å². The van der Waals surface area contributed by atoms with Gasteiger partial charge in [0.2, 0.25) is 0 Å². The molecule has 0 aliphatic heterocycles. The molecule has 0 saturated carbocycles. The van der Waals surface area contributed by atoms with Crippen LogP contribution in [0, 0.1) is 0 Å². The highest BCUT2D eigenvalue weighted by molar-refractivity contribution is 6.58. The van der Waals surface area contributed by atoms with Gasteiger partial charge < -0.3 is 30.1 Å². The van der Waals surface area contributed by atoms with Crippen LogP contribution in [0.15, 0.2) is 78.9 Å². The van der Waals surface area contributed by atoms with Crippen LogP contribution in [-0.2, 0) is 0 Å². The maximum absolute atomic E-state index is 13.1. The average Bonchev–Trinajstić information content (AvgIpc) is 2.79. The number of pyridine rings is 1. The fourth-order valence-corrected chi connectivity index (χ4v) is 3.27. The molecule has 0 fully saturated rings. The first-order chi connectivity index (χ1) is 15.4. The molecule has 8 nitrogen and oxygen atoms in total. The molecule has 0 bridgehead atoms. The highest BCUT2D eigenvalue weighted by atomic mass is 16.6. The standard InChI is InChI=1S/C22H18B2N2O6/c27-22(25-16-9-11-17(12-10-16)32-24(30)31)19-13-21(26-20-4-2-1-3-18(19)20)14-5-7-15(8-6-14)23(28)29/h1-13,28-31H,(H,25,27). The highest BCUT2D eigenvalue weighted by Gasteiger charge is 2.16. The van der Waals surface area contributed by atoms with Crippen LogP contribution in [0.2, 0.25) is 0 Å². The number of carbonyl (C=O) groups is 1. The maximum Gasteiger partial charge on any atom is 0.707 e. The average molecular weight is 428 g/mol. The van der Waals surface area contributed by atoms with E-state index in [4.69, 9.17) is 14.7 Å². The third-order valence-electron chi connectivity index (χ3n) is 4.82. The van der Waals surface area contributed by atoms with Gasteiger partial charge in [-0.1, -0.05) is 42.5 Å². The molecular formula is C22H18B2N2O6. The number of fused-ring (bicyclic) bond motifs is 1. The molecule has 1 heterocycles. The summed E-state index contributed by atoms with van der Waals surface area (Å²) < 4.78 is 4.76. The molecule has 0 saturated heterocycles. The molecule has 3 aromatic carbocycles. The molecule has 158 valence electrons. The van der Waals surface area contributed by atoms with Gasteiger partial charge in [-0.05, 0) is 41.9 Å². The van der Waals surface area contributed by atoms with Gasteiger partial charge in [0.1, 0.15) is 5.75 Å². The second-order valence-electron chi connectivity index (χ2n) is 6.99. The van der Waals surface area contributed by atoms with Crippen LogP contribution in [0.1, 0.15) is 10.4 Å². The summed E-state index contributed by atoms with van der Waals surface area (Å²) >= 11 is 0. The fraction of sp³-hybridized carbons (Fsp3) is 0. The van der Waals surface area contributed by atoms with Crippen LogP contribution in [0.3, 0.4) is 0 Å². The first-order valence-corrected chi connectivity index (χ1v) is 9.71. The summed E-state index contributed by atoms with van der Waals surface area (Å²) in [6.45, 7) is 0. The Labute approximate surface area is 184 Å². The minimum absolute atomic E-state index is 0.242. The Bertz CT molecular complexity index is 1250. The van der Waals surface area contributed by atoms with Crippen molar-refractivity contribution >= 4 is 42.4 Å². The number of para-hydroxylation sites is 1. The predicted octanol–water partition coefficient (Wildman–Crippen LogP) is 1.18. The van der Waals surface area contributed by atoms with Crippen LogP contribution >= 0.6 is 0 Å². The van der Waals surface area contributed by atoms with Crippen molar-refractivity contribution in [1.82, 2.24) is 4.98 Å². The van der Waals surface area contributed by atoms with Crippen molar-refractivity contribution in [1.29, 1.82) is 0 Å². The molecule has 4 rings (SSSR count). The number of aromatic nitrogens is 1. The van der Waals surface area contributed by atoms with Crippen LogP contribution in [0.4, 0.5) is 5.69 Å². The van der Waals surface area contributed by atoms with E-state index in [0.717, 1.165) is 5.56 Å². The number of nitrogens with one attached hydrogen (secondary N) is 1. The molecule has 1 amide bonds. The quantitative estimate of drug-likeness (QED) is 0.292. The number of hydrogen-bond acceptors (Lipinski definition) is 7. The maximum atomic E-state index is 13.1. The zero-order chi connectivity index (χ0) is 22.7. The number of rotatable bonds is 6. The van der Waals surface area contributed by atoms with Crippen LogP contribution in [-0.4, -0.2) is 45.4 Å². The summed E-state index contributed by atoms with van der Waals surface area (Å²) in [4.78, 5) is 17.7. The summed E-state index contributed by atoms with van der Waals surface area (Å²) in [5, 5.41) is 39.8. The smallest absolute Gasteiger partial charge is 0.512 e. The van der Waals surface area contributed by atoms with E-state index in [0.29, 0.717) is 33.3 Å². The van der Waals surface area contributed by atoms with Gasteiger partial charge in [0.15, 0.2) is 0 Å². The summed E-state index contributed by atoms with van der Waals surface area (Å²) in [6, 6.07) is 21.7. The van der Waals surface area contributed by atoms with Gasteiger partial charge >= 0.3 is 14.4 Å². The lowest BCUT2D eigenvalue weighted by molar-refractivity contribution is 0.102. The molecule has 0 aliphatic rings. The summed E-state index contributed by atoms with van der Waals surface area (Å²) in [7, 11) is -3.49. The first kappa shape index (κ1) is 21.5. The van der Waals surface area contributed by atoms with E-state index in [1.165, 1.54) is 12.1 Å². The molecule has 10 heteroatoms. The summed E-state index contributed by atoms with van der Waals surface area (Å²) in [5.41, 5.74) is 3.20. The Morgan fingerprint density at radius 1 is 0.875 bits per heavy atom. The molecule has 5 N–H and O–H groups in total. The van der Waals surface area contributed by atoms with Gasteiger partial charge in [-0.25, -0.2) is 4.98 Å². The van der Waals surface area contributed by atoms with E-state index < -0.39 is 14.4 Å². The van der Waals surface area contributed by atoms with Crippen molar-refractivity contribution < 1.29 is 29.5 Å². The van der Waals surface area contributed by atoms with Gasteiger partial charge in [0.25, 0.3) is 5.91 Å². The SMILES string of the molecule is O=C(Nc1ccc(OB(O)O)cc1)c1cc(-c2ccc(B(O)O)cc2)nc2ccccc12. The topological polar surface area (TPSA) is 132 Å². The minimum Gasteiger partial charge on any atom is -0.512 e. The Morgan fingerprint density at radius 3 is 2.22 bits per heavy atom. The molecule has 32 heavy (non-hydrogen) atoms. The van der Waals surface area contributed by atoms with Crippen molar-refractivity contribution in [2.75, 3.05) is 5.32 Å². The zero-order valence-corrected chi connectivity index (χ0v) is 16.7. The van der Waals surface area contributed by atoms with E-state index in [-0.39, 0.29) is 11.7 Å². The van der Waals surface area contributed by atoms with Crippen LogP contribution in [0.5, 0.6) is 5.75 Å². The third-order valence-corrected chi connectivity index (χ3v) is 4.82. The molecule has 0 radical (unpaired) electrons.